The highest BCUT2D eigenvalue weighted by Gasteiger charge is 2.10. The quantitative estimate of drug-likeness (QED) is 0.561. The number of amides is 2. The van der Waals surface area contributed by atoms with Crippen molar-refractivity contribution >= 4 is 57.1 Å². The van der Waals surface area contributed by atoms with Gasteiger partial charge in [0.05, 0.1) is 4.88 Å². The van der Waals surface area contributed by atoms with E-state index >= 15 is 0 Å². The monoisotopic (exact) mass is 448 g/mol. The maximum absolute atomic E-state index is 12.4. The van der Waals surface area contributed by atoms with Gasteiger partial charge in [-0.15, -0.1) is 11.3 Å². The lowest BCUT2D eigenvalue weighted by atomic mass is 10.1. The normalized spacial score (nSPS) is 10.2. The van der Waals surface area contributed by atoms with Crippen molar-refractivity contribution in [3.63, 3.8) is 0 Å². The smallest absolute Gasteiger partial charge is 0.265 e. The summed E-state index contributed by atoms with van der Waals surface area (Å²) in [6, 6.07) is 18.0. The number of anilines is 2. The van der Waals surface area contributed by atoms with Gasteiger partial charge in [-0.1, -0.05) is 18.2 Å². The number of hydrogen-bond donors (Lipinski definition) is 2. The molecule has 1 aromatic heterocycles. The molecule has 3 aromatic rings. The molecule has 0 unspecified atom stereocenters. The molecule has 2 N–H and O–H groups in total. The predicted octanol–water partition coefficient (Wildman–Crippen LogP) is 4.86. The Hall–Kier alpha value is -2.19. The Bertz CT molecular complexity index is 878. The van der Waals surface area contributed by atoms with Gasteiger partial charge in [0.15, 0.2) is 0 Å². The van der Waals surface area contributed by atoms with Gasteiger partial charge in [-0.25, -0.2) is 0 Å². The van der Waals surface area contributed by atoms with Crippen LogP contribution in [0.5, 0.6) is 0 Å². The lowest BCUT2D eigenvalue weighted by molar-refractivity contribution is 0.101. The van der Waals surface area contributed by atoms with Gasteiger partial charge in [0.1, 0.15) is 0 Å². The molecule has 0 aliphatic rings. The molecular formula is C18H13IN2O2S. The van der Waals surface area contributed by atoms with Crippen molar-refractivity contribution in [1.29, 1.82) is 0 Å². The van der Waals surface area contributed by atoms with E-state index in [0.29, 0.717) is 16.1 Å². The maximum Gasteiger partial charge on any atom is 0.265 e. The minimum atomic E-state index is -0.218. The van der Waals surface area contributed by atoms with Gasteiger partial charge >= 0.3 is 0 Å². The minimum Gasteiger partial charge on any atom is -0.322 e. The predicted molar refractivity (Wildman–Crippen MR) is 106 cm³/mol. The van der Waals surface area contributed by atoms with Gasteiger partial charge < -0.3 is 10.6 Å². The Labute approximate surface area is 157 Å². The Morgan fingerprint density at radius 2 is 1.54 bits per heavy atom. The molecule has 0 radical (unpaired) electrons. The van der Waals surface area contributed by atoms with Crippen LogP contribution in [0.2, 0.25) is 0 Å². The highest BCUT2D eigenvalue weighted by atomic mass is 127. The second-order valence-electron chi connectivity index (χ2n) is 4.98. The first-order valence-corrected chi connectivity index (χ1v) is 9.09. The summed E-state index contributed by atoms with van der Waals surface area (Å²) in [5.74, 6) is -0.399. The summed E-state index contributed by atoms with van der Waals surface area (Å²) in [5, 5.41) is 7.50. The number of halogens is 1. The third-order valence-corrected chi connectivity index (χ3v) is 4.75. The minimum absolute atomic E-state index is 0.180. The Morgan fingerprint density at radius 3 is 2.25 bits per heavy atom. The summed E-state index contributed by atoms with van der Waals surface area (Å²) in [5.41, 5.74) is 1.81. The second kappa shape index (κ2) is 7.59. The second-order valence-corrected chi connectivity index (χ2v) is 7.17. The molecule has 6 heteroatoms. The van der Waals surface area contributed by atoms with Gasteiger partial charge in [0.25, 0.3) is 11.8 Å². The molecule has 3 rings (SSSR count). The summed E-state index contributed by atoms with van der Waals surface area (Å²) in [6.45, 7) is 0. The van der Waals surface area contributed by atoms with Crippen molar-refractivity contribution in [2.75, 3.05) is 10.6 Å². The van der Waals surface area contributed by atoms with Gasteiger partial charge in [-0.3, -0.25) is 9.59 Å². The van der Waals surface area contributed by atoms with E-state index in [1.165, 1.54) is 11.3 Å². The van der Waals surface area contributed by atoms with Crippen molar-refractivity contribution in [2.45, 2.75) is 0 Å². The Kier molecular flexibility index (Phi) is 5.27. The van der Waals surface area contributed by atoms with Crippen LogP contribution in [0.3, 0.4) is 0 Å². The van der Waals surface area contributed by atoms with Crippen LogP contribution >= 0.6 is 33.9 Å². The first-order valence-electron chi connectivity index (χ1n) is 7.14. The molecule has 1 heterocycles. The summed E-state index contributed by atoms with van der Waals surface area (Å²) in [4.78, 5) is 25.1. The standard InChI is InChI=1S/C18H13IN2O2S/c19-13-5-2-7-15(11-13)20-17(22)12-4-1-6-14(10-12)21-18(23)16-8-3-9-24-16/h1-11H,(H,20,22)(H,21,23). The topological polar surface area (TPSA) is 58.2 Å². The molecule has 0 saturated carbocycles. The van der Waals surface area contributed by atoms with Crippen LogP contribution in [0.1, 0.15) is 20.0 Å². The van der Waals surface area contributed by atoms with Gasteiger partial charge in [0.2, 0.25) is 0 Å². The average Bonchev–Trinajstić information content (AvgIpc) is 3.10. The van der Waals surface area contributed by atoms with Crippen LogP contribution in [0.4, 0.5) is 11.4 Å². The van der Waals surface area contributed by atoms with Crippen molar-refractivity contribution < 1.29 is 9.59 Å². The molecule has 4 nitrogen and oxygen atoms in total. The number of hydrogen-bond acceptors (Lipinski definition) is 3. The molecule has 0 fully saturated rings. The Morgan fingerprint density at radius 1 is 0.833 bits per heavy atom. The number of thiophene rings is 1. The SMILES string of the molecule is O=C(Nc1cccc(I)c1)c1cccc(NC(=O)c2cccs2)c1. The molecule has 2 aromatic carbocycles. The van der Waals surface area contributed by atoms with Crippen molar-refractivity contribution in [3.8, 4) is 0 Å². The third kappa shape index (κ3) is 4.21. The molecule has 0 atom stereocenters. The van der Waals surface area contributed by atoms with Crippen molar-refractivity contribution in [1.82, 2.24) is 0 Å². The highest BCUT2D eigenvalue weighted by molar-refractivity contribution is 14.1. The fourth-order valence-electron chi connectivity index (χ4n) is 2.11. The van der Waals surface area contributed by atoms with Crippen LogP contribution in [0.15, 0.2) is 66.0 Å². The fraction of sp³-hybridized carbons (Fsp3) is 0. The number of nitrogens with one attached hydrogen (secondary N) is 2. The summed E-state index contributed by atoms with van der Waals surface area (Å²) in [6.07, 6.45) is 0. The van der Waals surface area contributed by atoms with Crippen LogP contribution in [0.25, 0.3) is 0 Å². The van der Waals surface area contributed by atoms with E-state index in [0.717, 1.165) is 9.26 Å². The molecule has 0 spiro atoms. The first kappa shape index (κ1) is 16.7. The largest absolute Gasteiger partial charge is 0.322 e. The molecule has 120 valence electrons. The van der Waals surface area contributed by atoms with E-state index < -0.39 is 0 Å². The number of carbonyl (C=O) groups is 2. The van der Waals surface area contributed by atoms with Crippen LogP contribution in [-0.2, 0) is 0 Å². The van der Waals surface area contributed by atoms with E-state index in [9.17, 15) is 9.59 Å². The number of rotatable bonds is 4. The molecule has 0 aliphatic heterocycles. The lowest BCUT2D eigenvalue weighted by Gasteiger charge is -2.08. The Balaban J connectivity index is 1.72. The zero-order chi connectivity index (χ0) is 16.9. The maximum atomic E-state index is 12.4. The molecule has 24 heavy (non-hydrogen) atoms. The number of carbonyl (C=O) groups excluding carboxylic acids is 2. The van der Waals surface area contributed by atoms with Crippen molar-refractivity contribution in [2.24, 2.45) is 0 Å². The fourth-order valence-corrected chi connectivity index (χ4v) is 3.27. The van der Waals surface area contributed by atoms with Gasteiger partial charge in [-0.05, 0) is 70.4 Å². The zero-order valence-corrected chi connectivity index (χ0v) is 15.4. The highest BCUT2D eigenvalue weighted by Crippen LogP contribution is 2.17. The molecule has 0 saturated heterocycles. The molecule has 2 amide bonds. The first-order chi connectivity index (χ1) is 11.6. The average molecular weight is 448 g/mol. The van der Waals surface area contributed by atoms with Gasteiger partial charge in [0, 0.05) is 20.5 Å². The van der Waals surface area contributed by atoms with E-state index in [2.05, 4.69) is 33.2 Å². The zero-order valence-electron chi connectivity index (χ0n) is 12.5. The lowest BCUT2D eigenvalue weighted by Crippen LogP contribution is -2.14. The molecule has 0 aliphatic carbocycles. The van der Waals surface area contributed by atoms with E-state index in [4.69, 9.17) is 0 Å². The van der Waals surface area contributed by atoms with Crippen LogP contribution < -0.4 is 10.6 Å². The van der Waals surface area contributed by atoms with E-state index in [1.54, 1.807) is 30.3 Å². The van der Waals surface area contributed by atoms with Crippen LogP contribution in [-0.4, -0.2) is 11.8 Å². The van der Waals surface area contributed by atoms with Crippen molar-refractivity contribution in [3.05, 3.63) is 80.1 Å². The van der Waals surface area contributed by atoms with E-state index in [1.807, 2.05) is 35.7 Å². The third-order valence-electron chi connectivity index (χ3n) is 3.21. The number of benzene rings is 2. The van der Waals surface area contributed by atoms with Crippen LogP contribution in [0, 0.1) is 3.57 Å². The van der Waals surface area contributed by atoms with E-state index in [-0.39, 0.29) is 11.8 Å². The summed E-state index contributed by atoms with van der Waals surface area (Å²) in [7, 11) is 0. The molecule has 0 bridgehead atoms. The molecular weight excluding hydrogens is 435 g/mol. The van der Waals surface area contributed by atoms with Gasteiger partial charge in [-0.2, -0.15) is 0 Å². The summed E-state index contributed by atoms with van der Waals surface area (Å²) < 4.78 is 1.04. The summed E-state index contributed by atoms with van der Waals surface area (Å²) >= 11 is 3.56.